The van der Waals surface area contributed by atoms with Crippen molar-refractivity contribution in [1.82, 2.24) is 9.88 Å². The summed E-state index contributed by atoms with van der Waals surface area (Å²) in [6, 6.07) is 17.3. The molecule has 1 atom stereocenters. The average Bonchev–Trinajstić information content (AvgIpc) is 3.58. The van der Waals surface area contributed by atoms with E-state index in [0.29, 0.717) is 12.2 Å². The Labute approximate surface area is 194 Å². The number of carbonyl (C=O) groups is 1. The van der Waals surface area contributed by atoms with Crippen LogP contribution in [0.4, 0.5) is 17.1 Å². The summed E-state index contributed by atoms with van der Waals surface area (Å²) in [6.07, 6.45) is 5.72. The van der Waals surface area contributed by atoms with Crippen molar-refractivity contribution in [2.24, 2.45) is 5.92 Å². The maximum Gasteiger partial charge on any atom is 0.337 e. The van der Waals surface area contributed by atoms with Crippen LogP contribution < -0.4 is 10.2 Å². The first-order valence-electron chi connectivity index (χ1n) is 11.6. The van der Waals surface area contributed by atoms with E-state index < -0.39 is 5.97 Å². The van der Waals surface area contributed by atoms with Gasteiger partial charge in [-0.05, 0) is 74.2 Å². The maximum atomic E-state index is 11.5. The molecular weight excluding hydrogens is 412 g/mol. The summed E-state index contributed by atoms with van der Waals surface area (Å²) in [4.78, 5) is 20.4. The summed E-state index contributed by atoms with van der Waals surface area (Å²) < 4.78 is 0. The second-order valence-electron chi connectivity index (χ2n) is 9.31. The lowest BCUT2D eigenvalue weighted by molar-refractivity contribution is 0.0697. The third kappa shape index (κ3) is 4.57. The highest BCUT2D eigenvalue weighted by atomic mass is 16.4. The minimum Gasteiger partial charge on any atom is -0.478 e. The fourth-order valence-corrected chi connectivity index (χ4v) is 4.68. The predicted molar refractivity (Wildman–Crippen MR) is 131 cm³/mol. The molecule has 1 fully saturated rings. The standard InChI is InChI=1S/C27H30N4O2/c1-18-3-7-21(8-4-18)31(16-19-5-6-19)22-9-10-23-20(13-22)17-30(2)26(23)15-29-25-14-28-12-11-24(25)27(32)33/h3-4,7-14,19,26,29H,5-6,15-17H2,1-2H3,(H,32,33)/t26-/m0/s1. The Morgan fingerprint density at radius 2 is 1.91 bits per heavy atom. The van der Waals surface area contributed by atoms with Crippen molar-refractivity contribution in [3.8, 4) is 0 Å². The van der Waals surface area contributed by atoms with Crippen LogP contribution in [-0.2, 0) is 6.54 Å². The van der Waals surface area contributed by atoms with E-state index in [2.05, 4.69) is 76.5 Å². The largest absolute Gasteiger partial charge is 0.478 e. The smallest absolute Gasteiger partial charge is 0.337 e. The molecule has 2 N–H and O–H groups in total. The monoisotopic (exact) mass is 442 g/mol. The SMILES string of the molecule is Cc1ccc(N(CC2CC2)c2ccc3c(c2)CN(C)[C@H]3CNc2cnccc2C(=O)O)cc1. The molecule has 1 aliphatic heterocycles. The van der Waals surface area contributed by atoms with Crippen molar-refractivity contribution in [3.05, 3.63) is 83.2 Å². The average molecular weight is 443 g/mol. The van der Waals surface area contributed by atoms with E-state index in [4.69, 9.17) is 0 Å². The van der Waals surface area contributed by atoms with Gasteiger partial charge in [0.15, 0.2) is 0 Å². The van der Waals surface area contributed by atoms with E-state index in [0.717, 1.165) is 19.0 Å². The predicted octanol–water partition coefficient (Wildman–Crippen LogP) is 5.23. The van der Waals surface area contributed by atoms with Gasteiger partial charge < -0.3 is 15.3 Å². The molecule has 3 aromatic rings. The van der Waals surface area contributed by atoms with Crippen LogP contribution in [0.1, 0.15) is 45.9 Å². The molecule has 2 aliphatic rings. The number of carboxylic acids is 1. The van der Waals surface area contributed by atoms with Gasteiger partial charge >= 0.3 is 5.97 Å². The Bertz CT molecular complexity index is 1160. The van der Waals surface area contributed by atoms with Gasteiger partial charge in [0.2, 0.25) is 0 Å². The molecule has 6 nitrogen and oxygen atoms in total. The molecule has 0 bridgehead atoms. The highest BCUT2D eigenvalue weighted by Crippen LogP contribution is 2.39. The lowest BCUT2D eigenvalue weighted by atomic mass is 10.0. The van der Waals surface area contributed by atoms with Gasteiger partial charge in [0.1, 0.15) is 0 Å². The van der Waals surface area contributed by atoms with Crippen LogP contribution in [0.15, 0.2) is 60.9 Å². The Balaban J connectivity index is 1.38. The topological polar surface area (TPSA) is 68.7 Å². The van der Waals surface area contributed by atoms with Gasteiger partial charge in [-0.15, -0.1) is 0 Å². The third-order valence-corrected chi connectivity index (χ3v) is 6.77. The van der Waals surface area contributed by atoms with Crippen molar-refractivity contribution in [2.75, 3.05) is 30.4 Å². The van der Waals surface area contributed by atoms with Crippen LogP contribution in [-0.4, -0.2) is 41.1 Å². The molecule has 33 heavy (non-hydrogen) atoms. The van der Waals surface area contributed by atoms with Crippen LogP contribution in [0.25, 0.3) is 0 Å². The van der Waals surface area contributed by atoms with Crippen LogP contribution in [0, 0.1) is 12.8 Å². The highest BCUT2D eigenvalue weighted by Gasteiger charge is 2.30. The molecule has 0 unspecified atom stereocenters. The van der Waals surface area contributed by atoms with Crippen molar-refractivity contribution in [2.45, 2.75) is 32.4 Å². The zero-order chi connectivity index (χ0) is 22.9. The zero-order valence-electron chi connectivity index (χ0n) is 19.2. The second kappa shape index (κ2) is 8.87. The fourth-order valence-electron chi connectivity index (χ4n) is 4.68. The van der Waals surface area contributed by atoms with Crippen molar-refractivity contribution in [1.29, 1.82) is 0 Å². The fraction of sp³-hybridized carbons (Fsp3) is 0.333. The van der Waals surface area contributed by atoms with Crippen LogP contribution in [0.3, 0.4) is 0 Å². The molecule has 2 heterocycles. The Morgan fingerprint density at radius 1 is 1.15 bits per heavy atom. The molecule has 1 aromatic heterocycles. The van der Waals surface area contributed by atoms with Gasteiger partial charge in [-0.2, -0.15) is 0 Å². The second-order valence-corrected chi connectivity index (χ2v) is 9.31. The van der Waals surface area contributed by atoms with Gasteiger partial charge in [-0.25, -0.2) is 4.79 Å². The number of nitrogens with zero attached hydrogens (tertiary/aromatic N) is 3. The lowest BCUT2D eigenvalue weighted by Gasteiger charge is -2.26. The van der Waals surface area contributed by atoms with Gasteiger partial charge in [-0.3, -0.25) is 9.88 Å². The number of hydrogen-bond donors (Lipinski definition) is 2. The van der Waals surface area contributed by atoms with Crippen LogP contribution in [0.2, 0.25) is 0 Å². The number of hydrogen-bond acceptors (Lipinski definition) is 5. The van der Waals surface area contributed by atoms with Crippen molar-refractivity contribution < 1.29 is 9.90 Å². The van der Waals surface area contributed by atoms with E-state index >= 15 is 0 Å². The number of likely N-dealkylation sites (N-methyl/N-ethyl adjacent to an activating group) is 1. The maximum absolute atomic E-state index is 11.5. The van der Waals surface area contributed by atoms with Crippen LogP contribution >= 0.6 is 0 Å². The number of pyridine rings is 1. The summed E-state index contributed by atoms with van der Waals surface area (Å²) in [5.74, 6) is -0.168. The molecule has 0 amide bonds. The summed E-state index contributed by atoms with van der Waals surface area (Å²) >= 11 is 0. The number of rotatable bonds is 8. The summed E-state index contributed by atoms with van der Waals surface area (Å²) in [7, 11) is 2.12. The molecule has 0 saturated heterocycles. The molecule has 170 valence electrons. The van der Waals surface area contributed by atoms with Gasteiger partial charge in [0, 0.05) is 37.2 Å². The van der Waals surface area contributed by atoms with Crippen molar-refractivity contribution in [3.63, 3.8) is 0 Å². The van der Waals surface area contributed by atoms with Gasteiger partial charge in [0.25, 0.3) is 0 Å². The number of benzene rings is 2. The van der Waals surface area contributed by atoms with E-state index in [-0.39, 0.29) is 11.6 Å². The molecule has 0 radical (unpaired) electrons. The first-order valence-corrected chi connectivity index (χ1v) is 11.6. The first-order chi connectivity index (χ1) is 16.0. The molecule has 1 saturated carbocycles. The number of fused-ring (bicyclic) bond motifs is 1. The number of carboxylic acid groups (broad SMARTS) is 1. The Hall–Kier alpha value is -3.38. The molecule has 1 aliphatic carbocycles. The van der Waals surface area contributed by atoms with E-state index in [9.17, 15) is 9.90 Å². The van der Waals surface area contributed by atoms with Crippen molar-refractivity contribution >= 4 is 23.0 Å². The lowest BCUT2D eigenvalue weighted by Crippen LogP contribution is -2.24. The number of aryl methyl sites for hydroxylation is 1. The molecule has 2 aromatic carbocycles. The third-order valence-electron chi connectivity index (χ3n) is 6.77. The summed E-state index contributed by atoms with van der Waals surface area (Å²) in [6.45, 7) is 4.68. The minimum atomic E-state index is -0.948. The number of anilines is 3. The first kappa shape index (κ1) is 21.5. The quantitative estimate of drug-likeness (QED) is 0.498. The summed E-state index contributed by atoms with van der Waals surface area (Å²) in [5, 5.41) is 12.8. The minimum absolute atomic E-state index is 0.173. The number of aromatic carboxylic acids is 1. The Kier molecular flexibility index (Phi) is 5.77. The molecule has 6 heteroatoms. The number of aromatic nitrogens is 1. The normalized spacial score (nSPS) is 17.6. The highest BCUT2D eigenvalue weighted by molar-refractivity contribution is 5.93. The Morgan fingerprint density at radius 3 is 2.64 bits per heavy atom. The van der Waals surface area contributed by atoms with E-state index in [1.807, 2.05) is 0 Å². The number of nitrogens with one attached hydrogen (secondary N) is 1. The molecule has 5 rings (SSSR count). The molecular formula is C27H30N4O2. The van der Waals surface area contributed by atoms with Gasteiger partial charge in [0.05, 0.1) is 23.5 Å². The molecule has 0 spiro atoms. The summed E-state index contributed by atoms with van der Waals surface area (Å²) in [5.41, 5.74) is 7.19. The zero-order valence-corrected chi connectivity index (χ0v) is 19.2. The van der Waals surface area contributed by atoms with E-state index in [1.165, 1.54) is 53.2 Å². The van der Waals surface area contributed by atoms with Gasteiger partial charge in [-0.1, -0.05) is 23.8 Å². The van der Waals surface area contributed by atoms with Crippen LogP contribution in [0.5, 0.6) is 0 Å². The van der Waals surface area contributed by atoms with E-state index in [1.54, 1.807) is 6.20 Å².